The molecule has 0 spiro atoms. The van der Waals surface area contributed by atoms with E-state index in [1.807, 2.05) is 30.3 Å². The Balaban J connectivity index is 1.44. The maximum absolute atomic E-state index is 4.81. The minimum absolute atomic E-state index is 0.531. The summed E-state index contributed by atoms with van der Waals surface area (Å²) in [5, 5.41) is 13.0. The molecule has 8 heteroatoms. The van der Waals surface area contributed by atoms with Gasteiger partial charge in [-0.05, 0) is 68.2 Å². The second-order valence-corrected chi connectivity index (χ2v) is 8.50. The molecule has 0 bridgehead atoms. The highest BCUT2D eigenvalue weighted by Crippen LogP contribution is 2.34. The number of rotatable bonds is 3. The zero-order chi connectivity index (χ0) is 20.9. The number of piperidine rings is 1. The maximum atomic E-state index is 4.81. The molecule has 1 saturated heterocycles. The van der Waals surface area contributed by atoms with E-state index in [2.05, 4.69) is 61.5 Å². The van der Waals surface area contributed by atoms with Crippen molar-refractivity contribution in [3.05, 3.63) is 48.4 Å². The van der Waals surface area contributed by atoms with Crippen molar-refractivity contribution in [2.75, 3.05) is 20.1 Å². The van der Waals surface area contributed by atoms with Crippen molar-refractivity contribution in [2.24, 2.45) is 7.05 Å². The van der Waals surface area contributed by atoms with Crippen LogP contribution in [0, 0.1) is 0 Å². The van der Waals surface area contributed by atoms with Crippen molar-refractivity contribution in [2.45, 2.75) is 18.8 Å². The van der Waals surface area contributed by atoms with Crippen LogP contribution >= 0.6 is 0 Å². The van der Waals surface area contributed by atoms with Crippen LogP contribution in [0.2, 0.25) is 0 Å². The number of H-pyrrole nitrogens is 2. The molecule has 5 heterocycles. The van der Waals surface area contributed by atoms with Gasteiger partial charge in [-0.2, -0.15) is 10.2 Å². The number of aromatic amines is 2. The molecule has 0 amide bonds. The van der Waals surface area contributed by atoms with Crippen LogP contribution in [0.1, 0.15) is 24.3 Å². The molecule has 6 rings (SSSR count). The molecular weight excluding hydrogens is 388 g/mol. The van der Waals surface area contributed by atoms with Crippen molar-refractivity contribution in [1.29, 1.82) is 0 Å². The van der Waals surface area contributed by atoms with Crippen LogP contribution < -0.4 is 0 Å². The summed E-state index contributed by atoms with van der Waals surface area (Å²) in [5.74, 6) is 1.28. The zero-order valence-corrected chi connectivity index (χ0v) is 17.6. The SMILES string of the molecule is CN1CCC(c2ccnc3nc(-c4n[nH]c5ccc(-c6cnn(C)c6)cc45)[nH]c23)CC1. The highest BCUT2D eigenvalue weighted by Gasteiger charge is 2.23. The fourth-order valence-electron chi connectivity index (χ4n) is 4.65. The first-order valence-electron chi connectivity index (χ1n) is 10.7. The Hall–Kier alpha value is -3.52. The van der Waals surface area contributed by atoms with E-state index in [1.54, 1.807) is 0 Å². The molecule has 0 aliphatic carbocycles. The van der Waals surface area contributed by atoms with Gasteiger partial charge in [0, 0.05) is 30.4 Å². The van der Waals surface area contributed by atoms with Gasteiger partial charge >= 0.3 is 0 Å². The summed E-state index contributed by atoms with van der Waals surface area (Å²) < 4.78 is 1.81. The Kier molecular flexibility index (Phi) is 4.14. The lowest BCUT2D eigenvalue weighted by molar-refractivity contribution is 0.256. The highest BCUT2D eigenvalue weighted by molar-refractivity contribution is 5.95. The number of benzene rings is 1. The topological polar surface area (TPSA) is 91.3 Å². The third kappa shape index (κ3) is 3.11. The van der Waals surface area contributed by atoms with Crippen LogP contribution in [0.25, 0.3) is 44.7 Å². The minimum Gasteiger partial charge on any atom is -0.335 e. The van der Waals surface area contributed by atoms with Gasteiger partial charge in [-0.25, -0.2) is 9.97 Å². The molecule has 4 aromatic heterocycles. The molecular formula is C23H24N8. The number of nitrogens with one attached hydrogen (secondary N) is 2. The summed E-state index contributed by atoms with van der Waals surface area (Å²) in [7, 11) is 4.11. The van der Waals surface area contributed by atoms with Gasteiger partial charge in [-0.1, -0.05) is 6.07 Å². The van der Waals surface area contributed by atoms with Gasteiger partial charge in [0.25, 0.3) is 0 Å². The quantitative estimate of drug-likeness (QED) is 0.471. The summed E-state index contributed by atoms with van der Waals surface area (Å²) in [4.78, 5) is 15.3. The summed E-state index contributed by atoms with van der Waals surface area (Å²) in [5.41, 5.74) is 7.07. The number of pyridine rings is 1. The zero-order valence-electron chi connectivity index (χ0n) is 17.6. The van der Waals surface area contributed by atoms with E-state index in [1.165, 1.54) is 5.56 Å². The molecule has 5 aromatic rings. The second kappa shape index (κ2) is 7.02. The Morgan fingerprint density at radius 3 is 2.74 bits per heavy atom. The first kappa shape index (κ1) is 18.3. The van der Waals surface area contributed by atoms with E-state index in [4.69, 9.17) is 4.98 Å². The number of nitrogens with zero attached hydrogens (tertiary/aromatic N) is 6. The van der Waals surface area contributed by atoms with Crippen LogP contribution in [0.5, 0.6) is 0 Å². The Morgan fingerprint density at radius 2 is 1.94 bits per heavy atom. The van der Waals surface area contributed by atoms with Crippen LogP contribution in [0.3, 0.4) is 0 Å². The number of aryl methyl sites for hydroxylation is 1. The van der Waals surface area contributed by atoms with Crippen molar-refractivity contribution in [3.63, 3.8) is 0 Å². The maximum Gasteiger partial charge on any atom is 0.178 e. The lowest BCUT2D eigenvalue weighted by atomic mass is 9.89. The van der Waals surface area contributed by atoms with Crippen LogP contribution in [-0.2, 0) is 7.05 Å². The largest absolute Gasteiger partial charge is 0.335 e. The molecule has 156 valence electrons. The molecule has 0 atom stereocenters. The highest BCUT2D eigenvalue weighted by atomic mass is 15.2. The van der Waals surface area contributed by atoms with Crippen molar-refractivity contribution in [1.82, 2.24) is 39.8 Å². The molecule has 1 aromatic carbocycles. The summed E-state index contributed by atoms with van der Waals surface area (Å²) in [6.07, 6.45) is 8.08. The Labute approximate surface area is 179 Å². The van der Waals surface area contributed by atoms with Gasteiger partial charge in [-0.15, -0.1) is 0 Å². The van der Waals surface area contributed by atoms with Gasteiger partial charge in [0.15, 0.2) is 11.5 Å². The van der Waals surface area contributed by atoms with Gasteiger partial charge in [-0.3, -0.25) is 9.78 Å². The first-order valence-corrected chi connectivity index (χ1v) is 10.7. The normalized spacial score (nSPS) is 15.9. The fraction of sp³-hybridized carbons (Fsp3) is 0.304. The molecule has 0 radical (unpaired) electrons. The van der Waals surface area contributed by atoms with Gasteiger partial charge in [0.1, 0.15) is 5.69 Å². The predicted molar refractivity (Wildman–Crippen MR) is 121 cm³/mol. The summed E-state index contributed by atoms with van der Waals surface area (Å²) in [6.45, 7) is 2.24. The molecule has 1 aliphatic heterocycles. The van der Waals surface area contributed by atoms with Crippen LogP contribution in [0.4, 0.5) is 0 Å². The van der Waals surface area contributed by atoms with Crippen molar-refractivity contribution < 1.29 is 0 Å². The minimum atomic E-state index is 0.531. The first-order chi connectivity index (χ1) is 15.2. The van der Waals surface area contributed by atoms with Crippen LogP contribution in [-0.4, -0.2) is 60.0 Å². The number of likely N-dealkylation sites (tertiary alicyclic amines) is 1. The smallest absolute Gasteiger partial charge is 0.178 e. The van der Waals surface area contributed by atoms with E-state index in [-0.39, 0.29) is 0 Å². The fourth-order valence-corrected chi connectivity index (χ4v) is 4.65. The lowest BCUT2D eigenvalue weighted by Crippen LogP contribution is -2.29. The van der Waals surface area contributed by atoms with E-state index in [0.717, 1.165) is 70.6 Å². The van der Waals surface area contributed by atoms with Gasteiger partial charge in [0.2, 0.25) is 0 Å². The second-order valence-electron chi connectivity index (χ2n) is 8.50. The van der Waals surface area contributed by atoms with Crippen LogP contribution in [0.15, 0.2) is 42.9 Å². The summed E-state index contributed by atoms with van der Waals surface area (Å²) in [6, 6.07) is 8.42. The third-order valence-electron chi connectivity index (χ3n) is 6.41. The monoisotopic (exact) mass is 412 g/mol. The van der Waals surface area contributed by atoms with Crippen molar-refractivity contribution >= 4 is 22.1 Å². The molecule has 31 heavy (non-hydrogen) atoms. The average Bonchev–Trinajstić information content (AvgIpc) is 3.51. The van der Waals surface area contributed by atoms with E-state index < -0.39 is 0 Å². The van der Waals surface area contributed by atoms with Gasteiger partial charge in [0.05, 0.1) is 17.2 Å². The molecule has 1 aliphatic rings. The summed E-state index contributed by atoms with van der Waals surface area (Å²) >= 11 is 0. The van der Waals surface area contributed by atoms with E-state index in [9.17, 15) is 0 Å². The number of imidazole rings is 1. The predicted octanol–water partition coefficient (Wildman–Crippen LogP) is 3.71. The lowest BCUT2D eigenvalue weighted by Gasteiger charge is -2.29. The molecule has 0 unspecified atom stereocenters. The Morgan fingerprint density at radius 1 is 1.06 bits per heavy atom. The number of hydrogen-bond donors (Lipinski definition) is 2. The molecule has 2 N–H and O–H groups in total. The Bertz CT molecular complexity index is 1380. The standard InChI is InChI=1S/C23H24N8/c1-30-9-6-14(7-10-30)17-5-8-24-22-20(17)26-23(27-22)21-18-11-15(3-4-19(18)28-29-21)16-12-25-31(2)13-16/h3-5,8,11-14H,6-7,9-10H2,1-2H3,(H,28,29)(H,24,26,27). The number of hydrogen-bond acceptors (Lipinski definition) is 5. The van der Waals surface area contributed by atoms with E-state index in [0.29, 0.717) is 5.92 Å². The molecule has 0 saturated carbocycles. The van der Waals surface area contributed by atoms with Gasteiger partial charge < -0.3 is 9.88 Å². The third-order valence-corrected chi connectivity index (χ3v) is 6.41. The molecule has 8 nitrogen and oxygen atoms in total. The van der Waals surface area contributed by atoms with E-state index >= 15 is 0 Å². The number of fused-ring (bicyclic) bond motifs is 2. The average molecular weight is 413 g/mol. The van der Waals surface area contributed by atoms with Crippen molar-refractivity contribution in [3.8, 4) is 22.6 Å². The number of aromatic nitrogens is 7. The molecule has 1 fully saturated rings.